The minimum absolute atomic E-state index is 0.00297. The van der Waals surface area contributed by atoms with Crippen LogP contribution in [0.1, 0.15) is 66.9 Å². The molecular formula is C36H47ClN2O7S. The number of sulfonamides is 1. The molecule has 4 aliphatic rings. The van der Waals surface area contributed by atoms with Crippen molar-refractivity contribution in [1.29, 1.82) is 0 Å². The molecular weight excluding hydrogens is 640 g/mol. The molecule has 0 aromatic heterocycles. The number of halogens is 1. The Hall–Kier alpha value is -2.63. The summed E-state index contributed by atoms with van der Waals surface area (Å²) in [4.78, 5) is 16.0. The molecule has 2 aliphatic carbocycles. The summed E-state index contributed by atoms with van der Waals surface area (Å²) in [5.74, 6) is 0.255. The van der Waals surface area contributed by atoms with E-state index in [9.17, 15) is 18.3 Å². The summed E-state index contributed by atoms with van der Waals surface area (Å²) in [7, 11) is -0.986. The first-order valence-corrected chi connectivity index (χ1v) is 18.7. The average Bonchev–Trinajstić information content (AvgIpc) is 3.17. The first-order chi connectivity index (χ1) is 22.5. The Labute approximate surface area is 283 Å². The second-order valence-corrected chi connectivity index (χ2v) is 16.3. The van der Waals surface area contributed by atoms with Crippen LogP contribution in [0, 0.1) is 17.8 Å². The van der Waals surface area contributed by atoms with Crippen LogP contribution in [0.5, 0.6) is 5.75 Å². The van der Waals surface area contributed by atoms with Crippen molar-refractivity contribution in [3.8, 4) is 5.75 Å². The van der Waals surface area contributed by atoms with Crippen LogP contribution in [0.15, 0.2) is 48.6 Å². The summed E-state index contributed by atoms with van der Waals surface area (Å²) in [6.07, 6.45) is 8.39. The molecule has 2 N–H and O–H groups in total. The summed E-state index contributed by atoms with van der Waals surface area (Å²) >= 11 is 6.42. The third-order valence-corrected chi connectivity index (χ3v) is 13.0. The number of anilines is 1. The monoisotopic (exact) mass is 686 g/mol. The van der Waals surface area contributed by atoms with Crippen molar-refractivity contribution in [3.05, 3.63) is 70.3 Å². The van der Waals surface area contributed by atoms with Crippen molar-refractivity contribution in [2.75, 3.05) is 45.4 Å². The maximum absolute atomic E-state index is 13.8. The van der Waals surface area contributed by atoms with Gasteiger partial charge in [0.25, 0.3) is 5.91 Å². The van der Waals surface area contributed by atoms with Gasteiger partial charge in [0.1, 0.15) is 5.75 Å². The number of aliphatic hydroxyl groups is 1. The SMILES string of the molecule is COCC(O)C[C@H]1C(C)C/C=C/C(OC)C2CCC2CN2C[C@@]3(CCCc4cc(Cl)ccc43)COc3ccc(cc32)C(=O)NS1(=O)=O. The smallest absolute Gasteiger partial charge is 0.264 e. The number of aryl methyl sites for hydroxylation is 1. The zero-order valence-electron chi connectivity index (χ0n) is 27.5. The first-order valence-electron chi connectivity index (χ1n) is 16.8. The van der Waals surface area contributed by atoms with Gasteiger partial charge in [-0.1, -0.05) is 36.7 Å². The molecule has 6 rings (SSSR count). The second kappa shape index (κ2) is 14.1. The molecule has 47 heavy (non-hydrogen) atoms. The van der Waals surface area contributed by atoms with Crippen LogP contribution < -0.4 is 14.4 Å². The molecule has 1 amide bonds. The fourth-order valence-corrected chi connectivity index (χ4v) is 10.1. The van der Waals surface area contributed by atoms with Crippen LogP contribution in [0.25, 0.3) is 0 Å². The van der Waals surface area contributed by atoms with E-state index in [-0.39, 0.29) is 36.0 Å². The zero-order valence-corrected chi connectivity index (χ0v) is 29.1. The van der Waals surface area contributed by atoms with Crippen LogP contribution >= 0.6 is 11.6 Å². The number of amides is 1. The van der Waals surface area contributed by atoms with Gasteiger partial charge in [-0.15, -0.1) is 0 Å². The van der Waals surface area contributed by atoms with E-state index in [1.165, 1.54) is 18.2 Å². The van der Waals surface area contributed by atoms with Crippen molar-refractivity contribution in [1.82, 2.24) is 4.72 Å². The Bertz CT molecular complexity index is 1600. The van der Waals surface area contributed by atoms with Crippen molar-refractivity contribution in [2.24, 2.45) is 17.8 Å². The van der Waals surface area contributed by atoms with Gasteiger partial charge < -0.3 is 24.2 Å². The predicted octanol–water partition coefficient (Wildman–Crippen LogP) is 5.28. The van der Waals surface area contributed by atoms with E-state index >= 15 is 0 Å². The summed E-state index contributed by atoms with van der Waals surface area (Å²) in [6, 6.07) is 11.4. The van der Waals surface area contributed by atoms with Crippen LogP contribution in [0.3, 0.4) is 0 Å². The number of benzene rings is 2. The molecule has 0 saturated heterocycles. The number of aliphatic hydroxyl groups excluding tert-OH is 1. The van der Waals surface area contributed by atoms with Crippen molar-refractivity contribution in [2.45, 2.75) is 74.7 Å². The molecule has 2 heterocycles. The minimum atomic E-state index is -4.18. The number of ether oxygens (including phenoxy) is 3. The Morgan fingerprint density at radius 3 is 2.77 bits per heavy atom. The molecule has 9 nitrogen and oxygen atoms in total. The van der Waals surface area contributed by atoms with E-state index in [0.717, 1.165) is 49.4 Å². The topological polar surface area (TPSA) is 114 Å². The summed E-state index contributed by atoms with van der Waals surface area (Å²) in [6.45, 7) is 3.79. The summed E-state index contributed by atoms with van der Waals surface area (Å²) in [5.41, 5.74) is 3.27. The molecule has 1 saturated carbocycles. The first kappa shape index (κ1) is 34.2. The van der Waals surface area contributed by atoms with Crippen LogP contribution in [-0.4, -0.2) is 77.4 Å². The lowest BCUT2D eigenvalue weighted by Gasteiger charge is -2.46. The molecule has 2 bridgehead atoms. The molecule has 0 radical (unpaired) electrons. The van der Waals surface area contributed by atoms with E-state index in [1.807, 2.05) is 19.1 Å². The van der Waals surface area contributed by atoms with Gasteiger partial charge in [0.15, 0.2) is 0 Å². The quantitative estimate of drug-likeness (QED) is 0.409. The van der Waals surface area contributed by atoms with E-state index in [1.54, 1.807) is 25.3 Å². The van der Waals surface area contributed by atoms with E-state index < -0.39 is 27.3 Å². The molecule has 11 heteroatoms. The third kappa shape index (κ3) is 7.08. The van der Waals surface area contributed by atoms with E-state index in [0.29, 0.717) is 37.2 Å². The van der Waals surface area contributed by atoms with Gasteiger partial charge in [0.05, 0.1) is 36.4 Å². The van der Waals surface area contributed by atoms with Crippen molar-refractivity contribution < 1.29 is 32.5 Å². The Morgan fingerprint density at radius 2 is 2.02 bits per heavy atom. The molecule has 2 aliphatic heterocycles. The highest BCUT2D eigenvalue weighted by Crippen LogP contribution is 2.47. The number of fused-ring (bicyclic) bond motifs is 4. The van der Waals surface area contributed by atoms with Gasteiger partial charge in [-0.25, -0.2) is 13.1 Å². The number of rotatable bonds is 5. The lowest BCUT2D eigenvalue weighted by Crippen LogP contribution is -2.49. The number of allylic oxidation sites excluding steroid dienone is 1. The fourth-order valence-electron chi connectivity index (χ4n) is 8.22. The highest BCUT2D eigenvalue weighted by molar-refractivity contribution is 7.90. The second-order valence-electron chi connectivity index (χ2n) is 14.0. The molecule has 1 spiro atoms. The number of methoxy groups -OCH3 is 2. The molecule has 7 atom stereocenters. The molecule has 2 aromatic carbocycles. The number of nitrogens with zero attached hydrogens (tertiary/aromatic N) is 1. The fraction of sp³-hybridized carbons (Fsp3) is 0.583. The molecule has 256 valence electrons. The highest BCUT2D eigenvalue weighted by atomic mass is 35.5. The average molecular weight is 687 g/mol. The highest BCUT2D eigenvalue weighted by Gasteiger charge is 2.44. The molecule has 1 fully saturated rings. The van der Waals surface area contributed by atoms with Gasteiger partial charge in [-0.3, -0.25) is 4.79 Å². The predicted molar refractivity (Wildman–Crippen MR) is 183 cm³/mol. The maximum atomic E-state index is 13.8. The molecule has 5 unspecified atom stereocenters. The zero-order chi connectivity index (χ0) is 33.3. The Morgan fingerprint density at radius 1 is 1.19 bits per heavy atom. The van der Waals surface area contributed by atoms with Crippen molar-refractivity contribution in [3.63, 3.8) is 0 Å². The number of carbonyl (C=O) groups excluding carboxylic acids is 1. The van der Waals surface area contributed by atoms with Gasteiger partial charge in [-0.05, 0) is 104 Å². The number of hydrogen-bond acceptors (Lipinski definition) is 8. The van der Waals surface area contributed by atoms with Gasteiger partial charge in [0.2, 0.25) is 10.0 Å². The lowest BCUT2D eigenvalue weighted by atomic mass is 9.68. The normalized spacial score (nSPS) is 31.7. The standard InChI is InChI=1S/C36H47ClN2O7S/c1-23-6-4-8-32(45-3)29-12-9-26(29)19-39-21-36(15-5-7-24-16-27(37)11-13-30(24)36)22-46-33-14-10-25(17-31(33)39)35(41)38-47(42,43)34(23)18-28(40)20-44-2/h4,8,10-11,13-14,16-17,23,26,28-29,32,34,40H,5-7,9,12,15,18-22H2,1-3H3,(H,38,41)/b8-4+/t23?,26?,28?,29?,32?,34-,36-/m0/s1. The van der Waals surface area contributed by atoms with Crippen LogP contribution in [0.4, 0.5) is 5.69 Å². The third-order valence-electron chi connectivity index (χ3n) is 10.9. The van der Waals surface area contributed by atoms with Crippen LogP contribution in [0.2, 0.25) is 5.02 Å². The number of nitrogens with one attached hydrogen (secondary N) is 1. The maximum Gasteiger partial charge on any atom is 0.264 e. The Kier molecular flexibility index (Phi) is 10.3. The van der Waals surface area contributed by atoms with Gasteiger partial charge >= 0.3 is 0 Å². The van der Waals surface area contributed by atoms with Crippen LogP contribution in [-0.2, 0) is 31.3 Å². The largest absolute Gasteiger partial charge is 0.490 e. The van der Waals surface area contributed by atoms with Gasteiger partial charge in [0, 0.05) is 43.3 Å². The lowest BCUT2D eigenvalue weighted by molar-refractivity contribution is 0.0131. The summed E-state index contributed by atoms with van der Waals surface area (Å²) < 4.78 is 47.6. The number of hydrogen-bond donors (Lipinski definition) is 2. The van der Waals surface area contributed by atoms with E-state index in [2.05, 4.69) is 27.8 Å². The number of carbonyl (C=O) groups is 1. The van der Waals surface area contributed by atoms with Crippen molar-refractivity contribution >= 4 is 33.2 Å². The Balaban J connectivity index is 1.41. The summed E-state index contributed by atoms with van der Waals surface area (Å²) in [5, 5.41) is 10.3. The minimum Gasteiger partial charge on any atom is -0.490 e. The molecule has 2 aromatic rings. The van der Waals surface area contributed by atoms with Gasteiger partial charge in [-0.2, -0.15) is 0 Å². The van der Waals surface area contributed by atoms with E-state index in [4.69, 9.17) is 25.8 Å².